The van der Waals surface area contributed by atoms with Crippen LogP contribution in [0.4, 0.5) is 5.69 Å². The number of ether oxygens (including phenoxy) is 1. The molecule has 0 bridgehead atoms. The van der Waals surface area contributed by atoms with Gasteiger partial charge in [0.2, 0.25) is 23.6 Å². The molecule has 4 amide bonds. The van der Waals surface area contributed by atoms with Crippen LogP contribution in [0.3, 0.4) is 0 Å². The number of benzene rings is 2. The highest BCUT2D eigenvalue weighted by atomic mass is 16.5. The van der Waals surface area contributed by atoms with Gasteiger partial charge in [-0.1, -0.05) is 35.9 Å². The quantitative estimate of drug-likeness (QED) is 0.513. The highest BCUT2D eigenvalue weighted by Crippen LogP contribution is 2.63. The van der Waals surface area contributed by atoms with Gasteiger partial charge < -0.3 is 9.84 Å². The number of hydrogen-bond acceptors (Lipinski definition) is 6. The fourth-order valence-electron chi connectivity index (χ4n) is 7.25. The van der Waals surface area contributed by atoms with E-state index in [1.54, 1.807) is 36.4 Å². The molecule has 3 fully saturated rings. The van der Waals surface area contributed by atoms with Crippen molar-refractivity contribution in [3.63, 3.8) is 0 Å². The molecule has 2 aromatic carbocycles. The first kappa shape index (κ1) is 23.5. The van der Waals surface area contributed by atoms with Crippen LogP contribution in [-0.2, 0) is 19.2 Å². The lowest BCUT2D eigenvalue weighted by Gasteiger charge is -2.49. The normalized spacial score (nSPS) is 32.7. The highest BCUT2D eigenvalue weighted by molar-refractivity contribution is 6.24. The maximum absolute atomic E-state index is 14.2. The third kappa shape index (κ3) is 3.01. The van der Waals surface area contributed by atoms with Gasteiger partial charge in [0.05, 0.1) is 36.0 Å². The van der Waals surface area contributed by atoms with Crippen molar-refractivity contribution >= 4 is 29.3 Å². The number of fused-ring (bicyclic) bond motifs is 4. The number of amides is 4. The average Bonchev–Trinajstić information content (AvgIpc) is 3.24. The van der Waals surface area contributed by atoms with Gasteiger partial charge in [-0.3, -0.25) is 24.1 Å². The van der Waals surface area contributed by atoms with Gasteiger partial charge in [-0.15, -0.1) is 0 Å². The second-order valence-electron chi connectivity index (χ2n) is 10.7. The van der Waals surface area contributed by atoms with E-state index in [0.717, 1.165) is 11.1 Å². The standard InChI is InChI=1S/C29H28N2O6/c1-29-20(26(34)31(28(29)36)16-7-5-4-6-8-16)14-19-17(10-11-18-23(19)27(35)30(2)25(18)33)24(29)15-9-12-21(32)22(13-15)37-3/h4-10,12-13,18-20,23-24,32H,11,14H2,1-3H3. The van der Waals surface area contributed by atoms with Crippen molar-refractivity contribution in [3.8, 4) is 11.5 Å². The van der Waals surface area contributed by atoms with Crippen LogP contribution >= 0.6 is 0 Å². The molecule has 0 spiro atoms. The third-order valence-corrected chi connectivity index (χ3v) is 9.05. The molecule has 2 saturated heterocycles. The summed E-state index contributed by atoms with van der Waals surface area (Å²) in [4.78, 5) is 56.7. The predicted molar refractivity (Wildman–Crippen MR) is 133 cm³/mol. The lowest BCUT2D eigenvalue weighted by molar-refractivity contribution is -0.138. The number of likely N-dealkylation sites (tertiary alicyclic amines) is 1. The number of allylic oxidation sites excluding steroid dienone is 2. The first-order valence-corrected chi connectivity index (χ1v) is 12.5. The molecule has 2 aliphatic carbocycles. The van der Waals surface area contributed by atoms with E-state index in [-0.39, 0.29) is 41.0 Å². The van der Waals surface area contributed by atoms with Crippen LogP contribution in [0.2, 0.25) is 0 Å². The monoisotopic (exact) mass is 500 g/mol. The van der Waals surface area contributed by atoms with E-state index in [0.29, 0.717) is 18.5 Å². The Labute approximate surface area is 214 Å². The van der Waals surface area contributed by atoms with E-state index in [1.807, 2.05) is 19.1 Å². The Hall–Kier alpha value is -3.94. The fourth-order valence-corrected chi connectivity index (χ4v) is 7.25. The molecule has 6 unspecified atom stereocenters. The summed E-state index contributed by atoms with van der Waals surface area (Å²) in [5, 5.41) is 10.3. The van der Waals surface area contributed by atoms with Crippen molar-refractivity contribution in [2.75, 3.05) is 19.1 Å². The molecule has 190 valence electrons. The molecule has 6 rings (SSSR count). The molecule has 8 nitrogen and oxygen atoms in total. The summed E-state index contributed by atoms with van der Waals surface area (Å²) in [6, 6.07) is 13.9. The average molecular weight is 501 g/mol. The molecule has 37 heavy (non-hydrogen) atoms. The molecule has 2 aliphatic heterocycles. The van der Waals surface area contributed by atoms with E-state index in [1.165, 1.54) is 30.0 Å². The van der Waals surface area contributed by atoms with E-state index in [9.17, 15) is 24.3 Å². The zero-order valence-corrected chi connectivity index (χ0v) is 20.9. The molecular weight excluding hydrogens is 472 g/mol. The van der Waals surface area contributed by atoms with Crippen LogP contribution in [-0.4, -0.2) is 47.8 Å². The largest absolute Gasteiger partial charge is 0.504 e. The maximum Gasteiger partial charge on any atom is 0.241 e. The van der Waals surface area contributed by atoms with Crippen molar-refractivity contribution in [1.29, 1.82) is 0 Å². The van der Waals surface area contributed by atoms with Crippen LogP contribution in [0.5, 0.6) is 11.5 Å². The SMILES string of the molecule is COc1cc(C2C3=CCC4C(=O)N(C)C(=O)C4C3CC3C(=O)N(c4ccccc4)C(=O)C32C)ccc1O. The molecule has 0 aromatic heterocycles. The summed E-state index contributed by atoms with van der Waals surface area (Å²) in [7, 11) is 2.97. The first-order chi connectivity index (χ1) is 17.7. The Balaban J connectivity index is 1.55. The number of phenolic OH excluding ortho intramolecular Hbond substituents is 1. The van der Waals surface area contributed by atoms with Crippen LogP contribution in [0.25, 0.3) is 0 Å². The smallest absolute Gasteiger partial charge is 0.241 e. The zero-order chi connectivity index (χ0) is 26.2. The first-order valence-electron chi connectivity index (χ1n) is 12.5. The van der Waals surface area contributed by atoms with Crippen LogP contribution < -0.4 is 9.64 Å². The molecule has 1 saturated carbocycles. The maximum atomic E-state index is 14.2. The molecule has 2 aromatic rings. The second kappa shape index (κ2) is 8.03. The molecular formula is C29H28N2O6. The summed E-state index contributed by atoms with van der Waals surface area (Å²) in [5.41, 5.74) is 1.01. The predicted octanol–water partition coefficient (Wildman–Crippen LogP) is 3.26. The van der Waals surface area contributed by atoms with Crippen molar-refractivity contribution in [2.24, 2.45) is 29.1 Å². The number of aromatic hydroxyl groups is 1. The Kier molecular flexibility index (Phi) is 5.09. The van der Waals surface area contributed by atoms with Gasteiger partial charge >= 0.3 is 0 Å². The van der Waals surface area contributed by atoms with Crippen LogP contribution in [0.1, 0.15) is 31.2 Å². The van der Waals surface area contributed by atoms with Crippen molar-refractivity contribution in [3.05, 3.63) is 65.7 Å². The van der Waals surface area contributed by atoms with Gasteiger partial charge in [-0.2, -0.15) is 0 Å². The number of nitrogens with zero attached hydrogens (tertiary/aromatic N) is 2. The van der Waals surface area contributed by atoms with Crippen LogP contribution in [0, 0.1) is 29.1 Å². The molecule has 2 heterocycles. The lowest BCUT2D eigenvalue weighted by atomic mass is 9.51. The number of carbonyl (C=O) groups excluding carboxylic acids is 4. The number of carbonyl (C=O) groups is 4. The summed E-state index contributed by atoms with van der Waals surface area (Å²) in [6.07, 6.45) is 2.73. The minimum Gasteiger partial charge on any atom is -0.504 e. The Morgan fingerprint density at radius 1 is 0.973 bits per heavy atom. The molecule has 8 heteroatoms. The van der Waals surface area contributed by atoms with Gasteiger partial charge in [0.15, 0.2) is 11.5 Å². The Morgan fingerprint density at radius 2 is 1.70 bits per heavy atom. The number of imide groups is 2. The van der Waals surface area contributed by atoms with Crippen molar-refractivity contribution in [2.45, 2.75) is 25.7 Å². The van der Waals surface area contributed by atoms with Gasteiger partial charge in [-0.05, 0) is 55.5 Å². The number of methoxy groups -OCH3 is 1. The number of para-hydroxylation sites is 1. The van der Waals surface area contributed by atoms with Crippen LogP contribution in [0.15, 0.2) is 60.2 Å². The second-order valence-corrected chi connectivity index (χ2v) is 10.7. The molecule has 0 radical (unpaired) electrons. The van der Waals surface area contributed by atoms with E-state index >= 15 is 0 Å². The molecule has 1 N–H and O–H groups in total. The summed E-state index contributed by atoms with van der Waals surface area (Å²) in [5.74, 6) is -3.36. The van der Waals surface area contributed by atoms with Gasteiger partial charge in [-0.25, -0.2) is 4.90 Å². The van der Waals surface area contributed by atoms with Gasteiger partial charge in [0, 0.05) is 13.0 Å². The molecule has 6 atom stereocenters. The number of hydrogen-bond donors (Lipinski definition) is 1. The van der Waals surface area contributed by atoms with E-state index < -0.39 is 29.1 Å². The Bertz CT molecular complexity index is 1380. The topological polar surface area (TPSA) is 104 Å². The molecule has 4 aliphatic rings. The number of phenols is 1. The summed E-state index contributed by atoms with van der Waals surface area (Å²) in [6.45, 7) is 1.84. The number of rotatable bonds is 3. The minimum atomic E-state index is -1.12. The third-order valence-electron chi connectivity index (χ3n) is 9.05. The number of anilines is 1. The van der Waals surface area contributed by atoms with E-state index in [4.69, 9.17) is 4.74 Å². The highest BCUT2D eigenvalue weighted by Gasteiger charge is 2.67. The Morgan fingerprint density at radius 3 is 2.41 bits per heavy atom. The lowest BCUT2D eigenvalue weighted by Crippen LogP contribution is -2.48. The van der Waals surface area contributed by atoms with Gasteiger partial charge in [0.1, 0.15) is 0 Å². The van der Waals surface area contributed by atoms with Crippen molar-refractivity contribution in [1.82, 2.24) is 4.90 Å². The van der Waals surface area contributed by atoms with Gasteiger partial charge in [0.25, 0.3) is 0 Å². The van der Waals surface area contributed by atoms with Crippen molar-refractivity contribution < 1.29 is 29.0 Å². The zero-order valence-electron chi connectivity index (χ0n) is 20.9. The fraction of sp³-hybridized carbons (Fsp3) is 0.379. The van der Waals surface area contributed by atoms with E-state index in [2.05, 4.69) is 0 Å². The summed E-state index contributed by atoms with van der Waals surface area (Å²) < 4.78 is 5.37. The minimum absolute atomic E-state index is 0.0315. The summed E-state index contributed by atoms with van der Waals surface area (Å²) >= 11 is 0.